The van der Waals surface area contributed by atoms with Crippen LogP contribution in [0.4, 0.5) is 0 Å². The predicted octanol–water partition coefficient (Wildman–Crippen LogP) is 1.34. The van der Waals surface area contributed by atoms with E-state index in [9.17, 15) is 9.59 Å². The van der Waals surface area contributed by atoms with Crippen molar-refractivity contribution in [1.29, 1.82) is 5.26 Å². The number of rotatable bonds is 3. The molecule has 1 rings (SSSR count). The summed E-state index contributed by atoms with van der Waals surface area (Å²) in [6.07, 6.45) is 0. The van der Waals surface area contributed by atoms with Gasteiger partial charge in [0.2, 0.25) is 0 Å². The molecule has 0 radical (unpaired) electrons. The van der Waals surface area contributed by atoms with E-state index in [1.54, 1.807) is 30.3 Å². The van der Waals surface area contributed by atoms with E-state index in [2.05, 4.69) is 4.74 Å². The van der Waals surface area contributed by atoms with E-state index in [-0.39, 0.29) is 0 Å². The van der Waals surface area contributed by atoms with Crippen LogP contribution < -0.4 is 0 Å². The zero-order chi connectivity index (χ0) is 12.1. The van der Waals surface area contributed by atoms with Crippen molar-refractivity contribution >= 4 is 11.8 Å². The van der Waals surface area contributed by atoms with Gasteiger partial charge in [0, 0.05) is 0 Å². The number of nitriles is 1. The van der Waals surface area contributed by atoms with Crippen molar-refractivity contribution in [3.8, 4) is 6.07 Å². The van der Waals surface area contributed by atoms with Crippen molar-refractivity contribution in [2.45, 2.75) is 12.8 Å². The van der Waals surface area contributed by atoms with Crippen molar-refractivity contribution in [3.05, 3.63) is 35.4 Å². The van der Waals surface area contributed by atoms with Gasteiger partial charge in [0.1, 0.15) is 5.92 Å². The highest BCUT2D eigenvalue weighted by Crippen LogP contribution is 2.17. The summed E-state index contributed by atoms with van der Waals surface area (Å²) in [5, 5.41) is 8.88. The molecule has 0 aliphatic carbocycles. The Kier molecular flexibility index (Phi) is 3.78. The monoisotopic (exact) mass is 217 g/mol. The number of nitrogens with zero attached hydrogens (tertiary/aromatic N) is 1. The number of Topliss-reactive ketones (excluding diaryl/α,β-unsaturated/α-hetero) is 1. The molecule has 0 aromatic heterocycles. The second-order valence-electron chi connectivity index (χ2n) is 3.33. The summed E-state index contributed by atoms with van der Waals surface area (Å²) in [5.74, 6) is -2.92. The van der Waals surface area contributed by atoms with Crippen LogP contribution in [0.25, 0.3) is 0 Å². The van der Waals surface area contributed by atoms with E-state index in [4.69, 9.17) is 5.26 Å². The lowest BCUT2D eigenvalue weighted by Crippen LogP contribution is -2.22. The zero-order valence-electron chi connectivity index (χ0n) is 9.06. The molecule has 0 bridgehead atoms. The quantitative estimate of drug-likeness (QED) is 0.566. The minimum atomic E-state index is -1.09. The minimum Gasteiger partial charge on any atom is -0.463 e. The molecule has 0 aliphatic heterocycles. The van der Waals surface area contributed by atoms with Crippen LogP contribution in [0.2, 0.25) is 0 Å². The number of carbonyl (C=O) groups is 2. The van der Waals surface area contributed by atoms with E-state index in [0.29, 0.717) is 5.56 Å². The van der Waals surface area contributed by atoms with Crippen LogP contribution in [-0.4, -0.2) is 18.9 Å². The van der Waals surface area contributed by atoms with E-state index in [0.717, 1.165) is 12.7 Å². The minimum absolute atomic E-state index is 0.503. The van der Waals surface area contributed by atoms with Crippen LogP contribution in [0, 0.1) is 18.3 Å². The van der Waals surface area contributed by atoms with Crippen molar-refractivity contribution in [1.82, 2.24) is 0 Å². The van der Waals surface area contributed by atoms with Gasteiger partial charge in [0.25, 0.3) is 5.78 Å². The number of ether oxygens (including phenoxy) is 1. The van der Waals surface area contributed by atoms with Crippen LogP contribution in [0.3, 0.4) is 0 Å². The molecule has 1 aromatic carbocycles. The number of hydrogen-bond donors (Lipinski definition) is 0. The van der Waals surface area contributed by atoms with E-state index >= 15 is 0 Å². The molecule has 0 spiro atoms. The van der Waals surface area contributed by atoms with Gasteiger partial charge in [-0.25, -0.2) is 4.79 Å². The maximum atomic E-state index is 11.5. The average Bonchev–Trinajstić information content (AvgIpc) is 2.31. The maximum absolute atomic E-state index is 11.5. The Morgan fingerprint density at radius 3 is 2.31 bits per heavy atom. The van der Waals surface area contributed by atoms with Crippen LogP contribution in [0.15, 0.2) is 24.3 Å². The maximum Gasteiger partial charge on any atom is 0.376 e. The molecule has 1 unspecified atom stereocenters. The number of benzene rings is 1. The van der Waals surface area contributed by atoms with Gasteiger partial charge in [-0.1, -0.05) is 29.8 Å². The van der Waals surface area contributed by atoms with Crippen molar-refractivity contribution in [2.24, 2.45) is 0 Å². The van der Waals surface area contributed by atoms with Gasteiger partial charge in [-0.2, -0.15) is 5.26 Å². The standard InChI is InChI=1S/C12H11NO3/c1-8-3-5-9(6-4-8)10(7-13)11(14)12(15)16-2/h3-6,10H,1-2H3. The first-order valence-corrected chi connectivity index (χ1v) is 4.68. The smallest absolute Gasteiger partial charge is 0.376 e. The van der Waals surface area contributed by atoms with Crippen LogP contribution in [0.5, 0.6) is 0 Å². The number of methoxy groups -OCH3 is 1. The summed E-state index contributed by atoms with van der Waals surface area (Å²) in [7, 11) is 1.11. The molecule has 0 heterocycles. The molecule has 0 amide bonds. The van der Waals surface area contributed by atoms with Gasteiger partial charge >= 0.3 is 5.97 Å². The molecule has 4 heteroatoms. The molecule has 0 saturated carbocycles. The van der Waals surface area contributed by atoms with E-state index in [1.807, 2.05) is 6.92 Å². The fraction of sp³-hybridized carbons (Fsp3) is 0.250. The Hall–Kier alpha value is -2.15. The van der Waals surface area contributed by atoms with Crippen LogP contribution in [-0.2, 0) is 14.3 Å². The molecule has 0 fully saturated rings. The van der Waals surface area contributed by atoms with E-state index in [1.165, 1.54) is 0 Å². The fourth-order valence-electron chi connectivity index (χ4n) is 1.26. The molecule has 1 aromatic rings. The first-order valence-electron chi connectivity index (χ1n) is 4.68. The lowest BCUT2D eigenvalue weighted by molar-refractivity contribution is -0.151. The molecular weight excluding hydrogens is 206 g/mol. The Bertz CT molecular complexity index is 442. The van der Waals surface area contributed by atoms with Crippen LogP contribution >= 0.6 is 0 Å². The fourth-order valence-corrected chi connectivity index (χ4v) is 1.26. The predicted molar refractivity (Wildman–Crippen MR) is 56.6 cm³/mol. The lowest BCUT2D eigenvalue weighted by atomic mass is 9.95. The highest BCUT2D eigenvalue weighted by Gasteiger charge is 2.27. The Balaban J connectivity index is 3.00. The van der Waals surface area contributed by atoms with Crippen LogP contribution in [0.1, 0.15) is 17.0 Å². The average molecular weight is 217 g/mol. The molecular formula is C12H11NO3. The number of aryl methyl sites for hydroxylation is 1. The zero-order valence-corrected chi connectivity index (χ0v) is 9.06. The topological polar surface area (TPSA) is 67.2 Å². The van der Waals surface area contributed by atoms with Gasteiger partial charge in [-0.05, 0) is 12.5 Å². The Morgan fingerprint density at radius 2 is 1.88 bits per heavy atom. The third-order valence-corrected chi connectivity index (χ3v) is 2.19. The summed E-state index contributed by atoms with van der Waals surface area (Å²) in [5.41, 5.74) is 1.52. The van der Waals surface area contributed by atoms with Gasteiger partial charge in [-0.15, -0.1) is 0 Å². The van der Waals surface area contributed by atoms with Gasteiger partial charge in [0.15, 0.2) is 0 Å². The lowest BCUT2D eigenvalue weighted by Gasteiger charge is -2.06. The van der Waals surface area contributed by atoms with Gasteiger partial charge in [-0.3, -0.25) is 4.79 Å². The Labute approximate surface area is 93.5 Å². The molecule has 0 saturated heterocycles. The first-order chi connectivity index (χ1) is 7.60. The van der Waals surface area contributed by atoms with Gasteiger partial charge < -0.3 is 4.74 Å². The number of ketones is 1. The number of carbonyl (C=O) groups excluding carboxylic acids is 2. The molecule has 1 atom stereocenters. The largest absolute Gasteiger partial charge is 0.463 e. The van der Waals surface area contributed by atoms with E-state index < -0.39 is 17.7 Å². The second kappa shape index (κ2) is 5.08. The molecule has 0 N–H and O–H groups in total. The van der Waals surface area contributed by atoms with Crippen molar-refractivity contribution in [3.63, 3.8) is 0 Å². The first kappa shape index (κ1) is 11.9. The third kappa shape index (κ3) is 2.45. The molecule has 82 valence electrons. The molecule has 0 aliphatic rings. The summed E-state index contributed by atoms with van der Waals surface area (Å²) in [6.45, 7) is 1.90. The SMILES string of the molecule is COC(=O)C(=O)C(C#N)c1ccc(C)cc1. The number of esters is 1. The molecule has 4 nitrogen and oxygen atoms in total. The highest BCUT2D eigenvalue weighted by atomic mass is 16.5. The normalized spacial score (nSPS) is 11.3. The summed E-state index contributed by atoms with van der Waals surface area (Å²) in [4.78, 5) is 22.5. The molecule has 16 heavy (non-hydrogen) atoms. The second-order valence-corrected chi connectivity index (χ2v) is 3.33. The summed E-state index contributed by atoms with van der Waals surface area (Å²) >= 11 is 0. The number of hydrogen-bond acceptors (Lipinski definition) is 4. The highest BCUT2D eigenvalue weighted by molar-refractivity contribution is 6.36. The van der Waals surface area contributed by atoms with Gasteiger partial charge in [0.05, 0.1) is 13.2 Å². The van der Waals surface area contributed by atoms with Crippen molar-refractivity contribution in [2.75, 3.05) is 7.11 Å². The third-order valence-electron chi connectivity index (χ3n) is 2.19. The summed E-state index contributed by atoms with van der Waals surface area (Å²) in [6, 6.07) is 8.68. The van der Waals surface area contributed by atoms with Crippen molar-refractivity contribution < 1.29 is 14.3 Å². The summed E-state index contributed by atoms with van der Waals surface area (Å²) < 4.78 is 4.30. The Morgan fingerprint density at radius 1 is 1.31 bits per heavy atom.